The summed E-state index contributed by atoms with van der Waals surface area (Å²) >= 11 is 6.38. The van der Waals surface area contributed by atoms with E-state index in [2.05, 4.69) is 91.6 Å². The first kappa shape index (κ1) is 36.0. The number of piperazine rings is 1. The van der Waals surface area contributed by atoms with E-state index in [9.17, 15) is 14.7 Å². The van der Waals surface area contributed by atoms with E-state index in [1.165, 1.54) is 59.4 Å². The van der Waals surface area contributed by atoms with Crippen LogP contribution < -0.4 is 15.1 Å². The molecule has 3 unspecified atom stereocenters. The highest BCUT2D eigenvalue weighted by Crippen LogP contribution is 2.41. The van der Waals surface area contributed by atoms with Crippen LogP contribution in [0.1, 0.15) is 66.3 Å². The van der Waals surface area contributed by atoms with Crippen LogP contribution in [0.2, 0.25) is 0 Å². The number of hydrogen-bond donors (Lipinski definition) is 2. The second-order valence-corrected chi connectivity index (χ2v) is 16.6. The standard InChI is InChI=1S/C46H50ClN5O3/c47-21-18-42(32-4-2-1-3-5-32)45(34-9-14-41(53)15-10-34)33-6-11-37(12-7-33)50-22-19-31(20-23-50)26-49-29-39-25-40(30-49)52(39)38-13-8-35-27-51(28-36(35)24-38)43-16-17-44(54)48-46(43)55/h1-15,24,31,39-40,43,53H,16-23,25-30H2,(H,48,54,55). The van der Waals surface area contributed by atoms with E-state index in [-0.39, 0.29) is 23.6 Å². The predicted molar refractivity (Wildman–Crippen MR) is 220 cm³/mol. The Morgan fingerprint density at radius 3 is 2.13 bits per heavy atom. The van der Waals surface area contributed by atoms with E-state index in [4.69, 9.17) is 11.6 Å². The van der Waals surface area contributed by atoms with E-state index < -0.39 is 0 Å². The van der Waals surface area contributed by atoms with Gasteiger partial charge in [-0.2, -0.15) is 0 Å². The summed E-state index contributed by atoms with van der Waals surface area (Å²) in [6.07, 6.45) is 5.46. The molecule has 2 amide bonds. The number of amides is 2. The molecule has 3 atom stereocenters. The van der Waals surface area contributed by atoms with Gasteiger partial charge in [-0.1, -0.05) is 60.7 Å². The average Bonchev–Trinajstić information content (AvgIpc) is 3.62. The number of hydrogen-bond acceptors (Lipinski definition) is 7. The fraction of sp³-hybridized carbons (Fsp3) is 0.391. The van der Waals surface area contributed by atoms with Crippen molar-refractivity contribution >= 4 is 45.9 Å². The van der Waals surface area contributed by atoms with Crippen LogP contribution in [-0.4, -0.2) is 83.5 Å². The molecule has 0 aromatic heterocycles. The van der Waals surface area contributed by atoms with E-state index in [0.717, 1.165) is 62.4 Å². The number of nitrogens with one attached hydrogen (secondary N) is 1. The molecule has 0 saturated carbocycles. The van der Waals surface area contributed by atoms with Crippen LogP contribution in [0, 0.1) is 5.92 Å². The van der Waals surface area contributed by atoms with Crippen molar-refractivity contribution in [1.29, 1.82) is 0 Å². The van der Waals surface area contributed by atoms with Crippen molar-refractivity contribution in [3.63, 3.8) is 0 Å². The summed E-state index contributed by atoms with van der Waals surface area (Å²) in [5, 5.41) is 12.6. The Balaban J connectivity index is 0.804. The Bertz CT molecular complexity index is 2050. The van der Waals surface area contributed by atoms with Gasteiger partial charge in [0, 0.05) is 81.6 Å². The lowest BCUT2D eigenvalue weighted by atomic mass is 9.85. The summed E-state index contributed by atoms with van der Waals surface area (Å²) < 4.78 is 0. The van der Waals surface area contributed by atoms with Crippen molar-refractivity contribution in [2.24, 2.45) is 5.92 Å². The Morgan fingerprint density at radius 1 is 0.764 bits per heavy atom. The number of alkyl halides is 1. The number of halogens is 1. The molecule has 2 bridgehead atoms. The van der Waals surface area contributed by atoms with Crippen LogP contribution in [0.4, 0.5) is 11.4 Å². The van der Waals surface area contributed by atoms with Gasteiger partial charge in [0.2, 0.25) is 11.8 Å². The molecular weight excluding hydrogens is 706 g/mol. The summed E-state index contributed by atoms with van der Waals surface area (Å²) in [6, 6.07) is 34.9. The van der Waals surface area contributed by atoms with Crippen LogP contribution >= 0.6 is 11.6 Å². The summed E-state index contributed by atoms with van der Waals surface area (Å²) in [5.74, 6) is 1.20. The van der Waals surface area contributed by atoms with Gasteiger partial charge < -0.3 is 14.9 Å². The average molecular weight is 756 g/mol. The fourth-order valence-electron chi connectivity index (χ4n) is 9.95. The largest absolute Gasteiger partial charge is 0.508 e. The van der Waals surface area contributed by atoms with Crippen molar-refractivity contribution in [3.05, 3.63) is 125 Å². The van der Waals surface area contributed by atoms with Crippen LogP contribution in [0.5, 0.6) is 5.75 Å². The quantitative estimate of drug-likeness (QED) is 0.100. The van der Waals surface area contributed by atoms with E-state index >= 15 is 0 Å². The molecule has 4 aromatic carbocycles. The van der Waals surface area contributed by atoms with Crippen molar-refractivity contribution in [3.8, 4) is 5.75 Å². The summed E-state index contributed by atoms with van der Waals surface area (Å²) in [7, 11) is 0. The van der Waals surface area contributed by atoms with Crippen LogP contribution in [0.3, 0.4) is 0 Å². The summed E-state index contributed by atoms with van der Waals surface area (Å²) in [4.78, 5) is 34.3. The topological polar surface area (TPSA) is 79.4 Å². The maximum atomic E-state index is 12.5. The highest BCUT2D eigenvalue weighted by atomic mass is 35.5. The normalized spacial score (nSPS) is 23.6. The molecule has 6 heterocycles. The number of imide groups is 1. The third kappa shape index (κ3) is 7.40. The molecule has 55 heavy (non-hydrogen) atoms. The molecule has 10 rings (SSSR count). The van der Waals surface area contributed by atoms with Crippen molar-refractivity contribution in [1.82, 2.24) is 15.1 Å². The Morgan fingerprint density at radius 2 is 1.44 bits per heavy atom. The zero-order chi connectivity index (χ0) is 37.5. The number of allylic oxidation sites excluding steroid dienone is 1. The number of fused-ring (bicyclic) bond motifs is 3. The van der Waals surface area contributed by atoms with Crippen LogP contribution in [-0.2, 0) is 22.7 Å². The Labute approximate surface area is 329 Å². The van der Waals surface area contributed by atoms with Gasteiger partial charge in [0.15, 0.2) is 0 Å². The molecule has 5 fully saturated rings. The molecule has 284 valence electrons. The molecule has 0 radical (unpaired) electrons. The van der Waals surface area contributed by atoms with E-state index in [0.29, 0.717) is 36.7 Å². The number of nitrogens with zero attached hydrogens (tertiary/aromatic N) is 4. The zero-order valence-corrected chi connectivity index (χ0v) is 32.1. The van der Waals surface area contributed by atoms with Gasteiger partial charge >= 0.3 is 0 Å². The monoisotopic (exact) mass is 755 g/mol. The molecular formula is C46H50ClN5O3. The number of piperidine rings is 3. The van der Waals surface area contributed by atoms with Gasteiger partial charge in [0.05, 0.1) is 6.04 Å². The number of carbonyl (C=O) groups is 2. The number of phenolic OH excluding ortho intramolecular Hbond substituents is 1. The molecule has 4 aromatic rings. The molecule has 6 aliphatic rings. The van der Waals surface area contributed by atoms with Crippen molar-refractivity contribution in [2.75, 3.05) is 48.4 Å². The minimum Gasteiger partial charge on any atom is -0.508 e. The minimum atomic E-state index is -0.217. The van der Waals surface area contributed by atoms with Gasteiger partial charge in [-0.3, -0.25) is 24.7 Å². The molecule has 9 heteroatoms. The number of carbonyl (C=O) groups excluding carboxylic acids is 2. The second kappa shape index (κ2) is 15.5. The number of benzene rings is 4. The summed E-state index contributed by atoms with van der Waals surface area (Å²) in [5.41, 5.74) is 11.0. The molecule has 6 aliphatic heterocycles. The third-order valence-corrected chi connectivity index (χ3v) is 12.9. The Kier molecular flexibility index (Phi) is 10.1. The zero-order valence-electron chi connectivity index (χ0n) is 31.4. The lowest BCUT2D eigenvalue weighted by Crippen LogP contribution is -2.69. The maximum Gasteiger partial charge on any atom is 0.243 e. The number of rotatable bonds is 10. The van der Waals surface area contributed by atoms with Gasteiger partial charge in [-0.25, -0.2) is 0 Å². The highest BCUT2D eigenvalue weighted by Gasteiger charge is 2.45. The van der Waals surface area contributed by atoms with E-state index in [1.54, 1.807) is 12.1 Å². The molecule has 2 N–H and O–H groups in total. The third-order valence-electron chi connectivity index (χ3n) is 12.7. The van der Waals surface area contributed by atoms with Gasteiger partial charge in [0.25, 0.3) is 0 Å². The first-order valence-electron chi connectivity index (χ1n) is 20.1. The van der Waals surface area contributed by atoms with E-state index in [1.807, 2.05) is 18.2 Å². The molecule has 5 saturated heterocycles. The van der Waals surface area contributed by atoms with Crippen LogP contribution in [0.25, 0.3) is 11.1 Å². The number of aromatic hydroxyl groups is 1. The predicted octanol–water partition coefficient (Wildman–Crippen LogP) is 7.28. The number of phenols is 1. The van der Waals surface area contributed by atoms with Gasteiger partial charge in [-0.15, -0.1) is 11.6 Å². The molecule has 0 aliphatic carbocycles. The lowest BCUT2D eigenvalue weighted by Gasteiger charge is -2.58. The van der Waals surface area contributed by atoms with Crippen molar-refractivity contribution < 1.29 is 14.7 Å². The SMILES string of the molecule is O=C1CCC(N2Cc3ccc(N4C5CC4CN(CC4CCN(c6ccc(C(=C(CCCl)c7ccccc7)c7ccc(O)cc7)cc6)CC4)C5)cc3C2)C(=O)N1. The Hall–Kier alpha value is -4.63. The van der Waals surface area contributed by atoms with Crippen LogP contribution in [0.15, 0.2) is 97.1 Å². The molecule has 0 spiro atoms. The maximum absolute atomic E-state index is 12.5. The first-order chi connectivity index (χ1) is 26.9. The van der Waals surface area contributed by atoms with Gasteiger partial charge in [-0.05, 0) is 113 Å². The smallest absolute Gasteiger partial charge is 0.243 e. The number of anilines is 2. The van der Waals surface area contributed by atoms with Gasteiger partial charge in [0.1, 0.15) is 5.75 Å². The van der Waals surface area contributed by atoms with Crippen molar-refractivity contribution in [2.45, 2.75) is 69.7 Å². The first-order valence-corrected chi connectivity index (χ1v) is 20.6. The second-order valence-electron chi connectivity index (χ2n) is 16.2. The lowest BCUT2D eigenvalue weighted by molar-refractivity contribution is -0.137. The minimum absolute atomic E-state index is 0.146. The highest BCUT2D eigenvalue weighted by molar-refractivity contribution is 6.18. The summed E-state index contributed by atoms with van der Waals surface area (Å²) in [6.45, 7) is 7.13. The molecule has 8 nitrogen and oxygen atoms in total. The fourth-order valence-corrected chi connectivity index (χ4v) is 10.1.